The number of phenolic OH excluding ortho intramolecular Hbond substituents is 1. The molecule has 4 heteroatoms. The van der Waals surface area contributed by atoms with Crippen LogP contribution < -0.4 is 5.14 Å². The maximum absolute atomic E-state index is 10.1. The van der Waals surface area contributed by atoms with E-state index in [9.17, 15) is 5.11 Å². The molecule has 0 bridgehead atoms. The Labute approximate surface area is 129 Å². The summed E-state index contributed by atoms with van der Waals surface area (Å²) < 4.78 is 0. The molecule has 0 spiro atoms. The summed E-state index contributed by atoms with van der Waals surface area (Å²) in [7, 11) is 0. The third kappa shape index (κ3) is 3.40. The van der Waals surface area contributed by atoms with Crippen LogP contribution in [-0.4, -0.2) is 23.1 Å². The summed E-state index contributed by atoms with van der Waals surface area (Å²) in [6, 6.07) is 13.9. The fourth-order valence-corrected chi connectivity index (χ4v) is 3.12. The van der Waals surface area contributed by atoms with Gasteiger partial charge < -0.3 is 5.11 Å². The Morgan fingerprint density at radius 3 is 2.43 bits per heavy atom. The molecular weight excluding hydrogens is 280 g/mol. The van der Waals surface area contributed by atoms with Crippen LogP contribution in [0, 0.1) is 0 Å². The fraction of sp³-hybridized carbons (Fsp3) is 0.294. The second kappa shape index (κ2) is 6.52. The van der Waals surface area contributed by atoms with E-state index in [0.29, 0.717) is 5.75 Å². The average Bonchev–Trinajstić information content (AvgIpc) is 3.02. The quantitative estimate of drug-likeness (QED) is 0.847. The van der Waals surface area contributed by atoms with Gasteiger partial charge in [0.25, 0.3) is 0 Å². The zero-order valence-electron chi connectivity index (χ0n) is 12.0. The van der Waals surface area contributed by atoms with Crippen LogP contribution in [0.1, 0.15) is 18.4 Å². The topological polar surface area (TPSA) is 49.5 Å². The Hall–Kier alpha value is -1.49. The molecule has 0 aliphatic carbocycles. The number of nitrogens with two attached hydrogens (primary N) is 1. The lowest BCUT2D eigenvalue weighted by atomic mass is 10.0. The molecule has 0 atom stereocenters. The number of benzene rings is 2. The highest BCUT2D eigenvalue weighted by molar-refractivity contribution is 7.97. The molecule has 0 unspecified atom stereocenters. The first-order valence-electron chi connectivity index (χ1n) is 7.28. The molecular formula is C17H20N2OS. The van der Waals surface area contributed by atoms with Crippen LogP contribution in [0.25, 0.3) is 11.1 Å². The van der Waals surface area contributed by atoms with E-state index in [0.717, 1.165) is 22.6 Å². The SMILES string of the molecule is NSc1ccc(-c2cc(CN3CCCC3)ccc2O)cc1. The fourth-order valence-electron chi connectivity index (χ4n) is 2.82. The summed E-state index contributed by atoms with van der Waals surface area (Å²) in [5.74, 6) is 0.327. The molecule has 2 aromatic carbocycles. The number of hydrogen-bond acceptors (Lipinski definition) is 4. The molecule has 1 heterocycles. The zero-order chi connectivity index (χ0) is 14.7. The maximum Gasteiger partial charge on any atom is 0.123 e. The molecule has 3 nitrogen and oxygen atoms in total. The first-order valence-corrected chi connectivity index (χ1v) is 8.15. The van der Waals surface area contributed by atoms with Gasteiger partial charge in [-0.25, -0.2) is 0 Å². The van der Waals surface area contributed by atoms with Crippen LogP contribution in [0.5, 0.6) is 5.75 Å². The molecule has 1 saturated heterocycles. The minimum Gasteiger partial charge on any atom is -0.507 e. The minimum atomic E-state index is 0.327. The van der Waals surface area contributed by atoms with Crippen LogP contribution >= 0.6 is 11.9 Å². The molecule has 110 valence electrons. The van der Waals surface area contributed by atoms with Gasteiger partial charge in [0.05, 0.1) is 0 Å². The Morgan fingerprint density at radius 1 is 1.05 bits per heavy atom. The lowest BCUT2D eigenvalue weighted by molar-refractivity contribution is 0.331. The zero-order valence-corrected chi connectivity index (χ0v) is 12.8. The van der Waals surface area contributed by atoms with Crippen molar-refractivity contribution in [3.05, 3.63) is 48.0 Å². The first-order chi connectivity index (χ1) is 10.3. The van der Waals surface area contributed by atoms with Crippen molar-refractivity contribution in [1.29, 1.82) is 0 Å². The molecule has 1 aliphatic heterocycles. The molecule has 3 rings (SSSR count). The van der Waals surface area contributed by atoms with Crippen LogP contribution in [0.15, 0.2) is 47.4 Å². The van der Waals surface area contributed by atoms with Gasteiger partial charge >= 0.3 is 0 Å². The van der Waals surface area contributed by atoms with E-state index in [1.165, 1.54) is 43.4 Å². The summed E-state index contributed by atoms with van der Waals surface area (Å²) in [5, 5.41) is 15.7. The number of rotatable bonds is 4. The van der Waals surface area contributed by atoms with Crippen molar-refractivity contribution < 1.29 is 5.11 Å². The largest absolute Gasteiger partial charge is 0.507 e. The van der Waals surface area contributed by atoms with Crippen molar-refractivity contribution in [3.8, 4) is 16.9 Å². The molecule has 21 heavy (non-hydrogen) atoms. The molecule has 2 aromatic rings. The summed E-state index contributed by atoms with van der Waals surface area (Å²) in [4.78, 5) is 3.48. The Bertz CT molecular complexity index is 607. The average molecular weight is 300 g/mol. The summed E-state index contributed by atoms with van der Waals surface area (Å²) in [5.41, 5.74) is 3.16. The Morgan fingerprint density at radius 2 is 1.76 bits per heavy atom. The summed E-state index contributed by atoms with van der Waals surface area (Å²) >= 11 is 1.23. The summed E-state index contributed by atoms with van der Waals surface area (Å²) in [6.07, 6.45) is 2.59. The van der Waals surface area contributed by atoms with E-state index in [2.05, 4.69) is 11.0 Å². The van der Waals surface area contributed by atoms with Crippen molar-refractivity contribution in [3.63, 3.8) is 0 Å². The van der Waals surface area contributed by atoms with E-state index < -0.39 is 0 Å². The number of likely N-dealkylation sites (tertiary alicyclic amines) is 1. The lowest BCUT2D eigenvalue weighted by Crippen LogP contribution is -2.18. The monoisotopic (exact) mass is 300 g/mol. The third-order valence-corrected chi connectivity index (χ3v) is 4.51. The van der Waals surface area contributed by atoms with E-state index in [1.807, 2.05) is 30.3 Å². The van der Waals surface area contributed by atoms with Gasteiger partial charge in [-0.15, -0.1) is 0 Å². The van der Waals surface area contributed by atoms with Gasteiger partial charge in [0.15, 0.2) is 0 Å². The van der Waals surface area contributed by atoms with Gasteiger partial charge in [0.1, 0.15) is 5.75 Å². The van der Waals surface area contributed by atoms with Gasteiger partial charge in [-0.05, 0) is 73.3 Å². The van der Waals surface area contributed by atoms with Gasteiger partial charge in [-0.2, -0.15) is 0 Å². The third-order valence-electron chi connectivity index (χ3n) is 3.97. The smallest absolute Gasteiger partial charge is 0.123 e. The highest BCUT2D eigenvalue weighted by atomic mass is 32.2. The van der Waals surface area contributed by atoms with Crippen LogP contribution in [-0.2, 0) is 6.54 Å². The second-order valence-electron chi connectivity index (χ2n) is 5.48. The highest BCUT2D eigenvalue weighted by Crippen LogP contribution is 2.31. The van der Waals surface area contributed by atoms with Gasteiger partial charge in [-0.3, -0.25) is 10.0 Å². The lowest BCUT2D eigenvalue weighted by Gasteiger charge is -2.16. The van der Waals surface area contributed by atoms with Crippen molar-refractivity contribution in [2.24, 2.45) is 5.14 Å². The maximum atomic E-state index is 10.1. The van der Waals surface area contributed by atoms with E-state index in [1.54, 1.807) is 6.07 Å². The van der Waals surface area contributed by atoms with Crippen molar-refractivity contribution in [1.82, 2.24) is 4.90 Å². The predicted molar refractivity (Wildman–Crippen MR) is 88.1 cm³/mol. The molecule has 1 aliphatic rings. The van der Waals surface area contributed by atoms with Gasteiger partial charge in [0.2, 0.25) is 0 Å². The van der Waals surface area contributed by atoms with Crippen molar-refractivity contribution in [2.45, 2.75) is 24.3 Å². The van der Waals surface area contributed by atoms with Crippen LogP contribution in [0.2, 0.25) is 0 Å². The molecule has 0 amide bonds. The predicted octanol–water partition coefficient (Wildman–Crippen LogP) is 3.62. The van der Waals surface area contributed by atoms with Crippen molar-refractivity contribution in [2.75, 3.05) is 13.1 Å². The van der Waals surface area contributed by atoms with Crippen LogP contribution in [0.4, 0.5) is 0 Å². The molecule has 0 aromatic heterocycles. The van der Waals surface area contributed by atoms with Crippen LogP contribution in [0.3, 0.4) is 0 Å². The number of hydrogen-bond donors (Lipinski definition) is 2. The number of phenols is 1. The second-order valence-corrected chi connectivity index (χ2v) is 6.18. The highest BCUT2D eigenvalue weighted by Gasteiger charge is 2.13. The Balaban J connectivity index is 1.85. The van der Waals surface area contributed by atoms with Crippen molar-refractivity contribution >= 4 is 11.9 Å². The molecule has 0 saturated carbocycles. The summed E-state index contributed by atoms with van der Waals surface area (Å²) in [6.45, 7) is 3.32. The molecule has 3 N–H and O–H groups in total. The first kappa shape index (κ1) is 14.4. The number of aromatic hydroxyl groups is 1. The molecule has 1 fully saturated rings. The minimum absolute atomic E-state index is 0.327. The standard InChI is InChI=1S/C17H20N2OS/c18-21-15-6-4-14(5-7-15)16-11-13(3-8-17(16)20)12-19-9-1-2-10-19/h3-8,11,20H,1-2,9-10,12,18H2. The molecule has 0 radical (unpaired) electrons. The van der Waals surface area contributed by atoms with E-state index in [-0.39, 0.29) is 0 Å². The van der Waals surface area contributed by atoms with E-state index in [4.69, 9.17) is 5.14 Å². The van der Waals surface area contributed by atoms with Gasteiger partial charge in [0, 0.05) is 17.0 Å². The Kier molecular flexibility index (Phi) is 4.48. The normalized spacial score (nSPS) is 15.5. The van der Waals surface area contributed by atoms with Gasteiger partial charge in [-0.1, -0.05) is 18.2 Å². The number of nitrogens with zero attached hydrogens (tertiary/aromatic N) is 1. The van der Waals surface area contributed by atoms with E-state index >= 15 is 0 Å².